The number of anilines is 1. The van der Waals surface area contributed by atoms with Crippen LogP contribution in [0.5, 0.6) is 5.75 Å². The molecule has 2 amide bonds. The van der Waals surface area contributed by atoms with Crippen molar-refractivity contribution in [1.82, 2.24) is 20.8 Å². The minimum Gasteiger partial charge on any atom is -0.494 e. The number of hydrogen-bond acceptors (Lipinski definition) is 7. The van der Waals surface area contributed by atoms with Gasteiger partial charge in [0.05, 0.1) is 17.9 Å². The van der Waals surface area contributed by atoms with Gasteiger partial charge in [-0.1, -0.05) is 26.0 Å². The fraction of sp³-hybridized carbons (Fsp3) is 0.217. The van der Waals surface area contributed by atoms with E-state index in [1.54, 1.807) is 12.1 Å². The van der Waals surface area contributed by atoms with Gasteiger partial charge in [-0.25, -0.2) is 13.2 Å². The Morgan fingerprint density at radius 2 is 1.64 bits per heavy atom. The Hall–Kier alpha value is -4.39. The highest BCUT2D eigenvalue weighted by Gasteiger charge is 2.22. The third-order valence-corrected chi connectivity index (χ3v) is 6.23. The van der Waals surface area contributed by atoms with Gasteiger partial charge in [-0.3, -0.25) is 34.9 Å². The first kappa shape index (κ1) is 26.2. The van der Waals surface area contributed by atoms with Crippen molar-refractivity contribution in [3.63, 3.8) is 0 Å². The molecular formula is C23H25N5O7S. The summed E-state index contributed by atoms with van der Waals surface area (Å²) in [5.41, 5.74) is 2.46. The van der Waals surface area contributed by atoms with Gasteiger partial charge < -0.3 is 9.72 Å². The van der Waals surface area contributed by atoms with E-state index in [0.29, 0.717) is 18.3 Å². The second-order valence-electron chi connectivity index (χ2n) is 8.05. The molecule has 1 aromatic heterocycles. The standard InChI is InChI=1S/C23H25N5O7S/c1-14(2)11-12-35-16-9-7-15(8-10-16)20(29)26-27-21(30)17-5-3-4-6-18(17)28-36(33,34)19-13-24-23(32)25-22(19)31/h3-10,13-14,28H,11-12H2,1-2H3,(H,26,29)(H,27,30)(H2,24,25,31,32). The highest BCUT2D eigenvalue weighted by atomic mass is 32.2. The van der Waals surface area contributed by atoms with Gasteiger partial charge in [0.15, 0.2) is 4.90 Å². The van der Waals surface area contributed by atoms with Crippen LogP contribution in [0.25, 0.3) is 0 Å². The molecule has 3 rings (SSSR count). The van der Waals surface area contributed by atoms with Gasteiger partial charge in [-0.2, -0.15) is 0 Å². The van der Waals surface area contributed by atoms with Crippen molar-refractivity contribution in [3.8, 4) is 5.75 Å². The molecule has 0 bridgehead atoms. The lowest BCUT2D eigenvalue weighted by atomic mass is 10.1. The molecule has 5 N–H and O–H groups in total. The van der Waals surface area contributed by atoms with E-state index >= 15 is 0 Å². The number of carbonyl (C=O) groups is 2. The lowest BCUT2D eigenvalue weighted by Crippen LogP contribution is -2.42. The second-order valence-corrected chi connectivity index (χ2v) is 9.70. The number of carbonyl (C=O) groups excluding carboxylic acids is 2. The fourth-order valence-electron chi connectivity index (χ4n) is 2.93. The van der Waals surface area contributed by atoms with Crippen molar-refractivity contribution in [3.05, 3.63) is 86.7 Å². The first-order valence-corrected chi connectivity index (χ1v) is 12.3. The van der Waals surface area contributed by atoms with E-state index in [-0.39, 0.29) is 16.8 Å². The molecule has 190 valence electrons. The van der Waals surface area contributed by atoms with Crippen molar-refractivity contribution in [2.75, 3.05) is 11.3 Å². The molecule has 36 heavy (non-hydrogen) atoms. The number of rotatable bonds is 9. The topological polar surface area (TPSA) is 179 Å². The SMILES string of the molecule is CC(C)CCOc1ccc(C(=O)NNC(=O)c2ccccc2NS(=O)(=O)c2c[nH]c(=O)[nH]c2=O)cc1. The molecule has 12 nitrogen and oxygen atoms in total. The number of aromatic nitrogens is 2. The smallest absolute Gasteiger partial charge is 0.325 e. The maximum Gasteiger partial charge on any atom is 0.325 e. The molecule has 0 fully saturated rings. The van der Waals surface area contributed by atoms with Crippen molar-refractivity contribution in [2.45, 2.75) is 25.2 Å². The van der Waals surface area contributed by atoms with Crippen LogP contribution in [0.1, 0.15) is 41.0 Å². The van der Waals surface area contributed by atoms with Crippen molar-refractivity contribution >= 4 is 27.5 Å². The summed E-state index contributed by atoms with van der Waals surface area (Å²) >= 11 is 0. The Morgan fingerprint density at radius 3 is 2.31 bits per heavy atom. The van der Waals surface area contributed by atoms with Crippen LogP contribution < -0.4 is 31.6 Å². The highest BCUT2D eigenvalue weighted by Crippen LogP contribution is 2.18. The zero-order chi connectivity index (χ0) is 26.3. The van der Waals surface area contributed by atoms with Gasteiger partial charge >= 0.3 is 5.69 Å². The Balaban J connectivity index is 1.66. The number of amides is 2. The molecule has 0 spiro atoms. The third kappa shape index (κ3) is 6.82. The van der Waals surface area contributed by atoms with Crippen LogP contribution in [0.2, 0.25) is 0 Å². The Bertz CT molecular complexity index is 1460. The third-order valence-electron chi connectivity index (χ3n) is 4.86. The Labute approximate surface area is 206 Å². The number of sulfonamides is 1. The quantitative estimate of drug-likeness (QED) is 0.267. The summed E-state index contributed by atoms with van der Waals surface area (Å²) < 4.78 is 33.0. The molecule has 0 saturated heterocycles. The number of hydrogen-bond donors (Lipinski definition) is 5. The van der Waals surface area contributed by atoms with Crippen LogP contribution in [0, 0.1) is 5.92 Å². The molecule has 3 aromatic rings. The van der Waals surface area contributed by atoms with Gasteiger partial charge in [0.2, 0.25) is 0 Å². The first-order chi connectivity index (χ1) is 17.1. The van der Waals surface area contributed by atoms with E-state index in [1.165, 1.54) is 36.4 Å². The molecule has 1 heterocycles. The number of benzene rings is 2. The summed E-state index contributed by atoms with van der Waals surface area (Å²) in [7, 11) is -4.45. The number of hydrazine groups is 1. The Kier molecular flexibility index (Phi) is 8.27. The molecule has 0 aliphatic carbocycles. The minimum absolute atomic E-state index is 0.129. The summed E-state index contributed by atoms with van der Waals surface area (Å²) in [5, 5.41) is 0. The number of para-hydroxylation sites is 1. The monoisotopic (exact) mass is 515 g/mol. The average molecular weight is 516 g/mol. The summed E-state index contributed by atoms with van der Waals surface area (Å²) in [5.74, 6) is -0.301. The predicted molar refractivity (Wildman–Crippen MR) is 131 cm³/mol. The summed E-state index contributed by atoms with van der Waals surface area (Å²) in [4.78, 5) is 51.3. The number of ether oxygens (including phenoxy) is 1. The summed E-state index contributed by atoms with van der Waals surface area (Å²) in [6.45, 7) is 4.73. The van der Waals surface area contributed by atoms with Gasteiger partial charge in [-0.15, -0.1) is 0 Å². The largest absolute Gasteiger partial charge is 0.494 e. The van der Waals surface area contributed by atoms with E-state index < -0.39 is 38.0 Å². The van der Waals surface area contributed by atoms with Gasteiger partial charge in [0.25, 0.3) is 27.4 Å². The van der Waals surface area contributed by atoms with Gasteiger partial charge in [-0.05, 0) is 48.7 Å². The van der Waals surface area contributed by atoms with E-state index in [2.05, 4.69) is 34.4 Å². The number of aromatic amines is 2. The van der Waals surface area contributed by atoms with E-state index in [9.17, 15) is 27.6 Å². The molecule has 0 unspecified atom stereocenters. The lowest BCUT2D eigenvalue weighted by molar-refractivity contribution is 0.0847. The van der Waals surface area contributed by atoms with Crippen LogP contribution in [0.3, 0.4) is 0 Å². The van der Waals surface area contributed by atoms with Crippen LogP contribution >= 0.6 is 0 Å². The zero-order valence-corrected chi connectivity index (χ0v) is 20.3. The lowest BCUT2D eigenvalue weighted by Gasteiger charge is -2.13. The van der Waals surface area contributed by atoms with E-state index in [1.807, 2.05) is 4.98 Å². The van der Waals surface area contributed by atoms with Crippen LogP contribution in [0.15, 0.2) is 69.2 Å². The van der Waals surface area contributed by atoms with Gasteiger partial charge in [0, 0.05) is 11.8 Å². The molecule has 0 aliphatic heterocycles. The van der Waals surface area contributed by atoms with Crippen molar-refractivity contribution < 1.29 is 22.7 Å². The van der Waals surface area contributed by atoms with Crippen LogP contribution in [-0.2, 0) is 10.0 Å². The predicted octanol–water partition coefficient (Wildman–Crippen LogP) is 1.36. The maximum atomic E-state index is 12.7. The van der Waals surface area contributed by atoms with Gasteiger partial charge in [0.1, 0.15) is 5.75 Å². The summed E-state index contributed by atoms with van der Waals surface area (Å²) in [6, 6.07) is 11.9. The normalized spacial score (nSPS) is 11.1. The first-order valence-electron chi connectivity index (χ1n) is 10.8. The molecule has 0 radical (unpaired) electrons. The van der Waals surface area contributed by atoms with E-state index in [0.717, 1.165) is 12.6 Å². The molecule has 0 aliphatic rings. The minimum atomic E-state index is -4.45. The number of H-pyrrole nitrogens is 2. The molecular weight excluding hydrogens is 490 g/mol. The van der Waals surface area contributed by atoms with Crippen LogP contribution in [0.4, 0.5) is 5.69 Å². The maximum absolute atomic E-state index is 12.7. The van der Waals surface area contributed by atoms with Crippen molar-refractivity contribution in [1.29, 1.82) is 0 Å². The highest BCUT2D eigenvalue weighted by molar-refractivity contribution is 7.92. The zero-order valence-electron chi connectivity index (χ0n) is 19.5. The van der Waals surface area contributed by atoms with E-state index in [4.69, 9.17) is 4.74 Å². The average Bonchev–Trinajstić information content (AvgIpc) is 2.82. The fourth-order valence-corrected chi connectivity index (χ4v) is 4.02. The Morgan fingerprint density at radius 1 is 0.972 bits per heavy atom. The second kappa shape index (κ2) is 11.4. The molecule has 13 heteroatoms. The van der Waals surface area contributed by atoms with Crippen molar-refractivity contribution in [2.24, 2.45) is 5.92 Å². The van der Waals surface area contributed by atoms with Crippen LogP contribution in [-0.4, -0.2) is 36.8 Å². The summed E-state index contributed by atoms with van der Waals surface area (Å²) in [6.07, 6.45) is 1.64. The molecule has 0 atom stereocenters. The molecule has 0 saturated carbocycles. The molecule has 2 aromatic carbocycles. The number of nitrogens with one attached hydrogen (secondary N) is 5.